The van der Waals surface area contributed by atoms with Gasteiger partial charge in [0.15, 0.2) is 0 Å². The first-order valence-electron chi connectivity index (χ1n) is 13.5. The van der Waals surface area contributed by atoms with Crippen molar-refractivity contribution >= 4 is 32.4 Å². The molecule has 0 aromatic heterocycles. The number of rotatable bonds is 5. The van der Waals surface area contributed by atoms with E-state index in [-0.39, 0.29) is 12.6 Å². The van der Waals surface area contributed by atoms with E-state index in [1.165, 1.54) is 43.9 Å². The molecule has 4 atom stereocenters. The fourth-order valence-electron chi connectivity index (χ4n) is 6.67. The molecule has 35 heavy (non-hydrogen) atoms. The molecule has 3 aliphatic rings. The molecular weight excluding hydrogens is 502 g/mol. The predicted octanol–water partition coefficient (Wildman–Crippen LogP) is 3.96. The van der Waals surface area contributed by atoms with Gasteiger partial charge in [-0.25, -0.2) is 9.80 Å². The minimum atomic E-state index is -0.397. The van der Waals surface area contributed by atoms with E-state index in [4.69, 9.17) is 17.2 Å². The molecule has 2 aromatic carbocycles. The lowest BCUT2D eigenvalue weighted by atomic mass is 10.0. The second-order valence-corrected chi connectivity index (χ2v) is 11.3. The van der Waals surface area contributed by atoms with Gasteiger partial charge in [-0.3, -0.25) is 16.4 Å². The van der Waals surface area contributed by atoms with Crippen LogP contribution in [-0.4, -0.2) is 65.3 Å². The number of hydrogen-bond acceptors (Lipinski definition) is 7. The van der Waals surface area contributed by atoms with Crippen LogP contribution in [0.1, 0.15) is 58.3 Å². The summed E-state index contributed by atoms with van der Waals surface area (Å²) in [5.41, 5.74) is 22.3. The summed E-state index contributed by atoms with van der Waals surface area (Å²) in [7, 11) is 0. The summed E-state index contributed by atoms with van der Waals surface area (Å²) in [6.45, 7) is 5.34. The lowest BCUT2D eigenvalue weighted by Gasteiger charge is -2.57. The van der Waals surface area contributed by atoms with Crippen LogP contribution < -0.4 is 22.1 Å². The molecule has 0 spiro atoms. The third-order valence-electron chi connectivity index (χ3n) is 8.56. The standard InChI is InChI=1S/C27H42BrN7/c1-2-32-17-9-12-20(32)18-33-25(29)34(19-10-5-3-4-6-11-19)27(31)35(26(33)30)24-16-15-23(28)21-13-7-8-14-22(21)24/h7-8,13-16,19-20,25-27H,2-6,9-12,17-18,29-31H2,1H3. The van der Waals surface area contributed by atoms with Gasteiger partial charge in [0.25, 0.3) is 0 Å². The van der Waals surface area contributed by atoms with Gasteiger partial charge in [0.2, 0.25) is 0 Å². The van der Waals surface area contributed by atoms with Gasteiger partial charge < -0.3 is 10.6 Å². The van der Waals surface area contributed by atoms with Crippen LogP contribution in [0.4, 0.5) is 5.69 Å². The average molecular weight is 545 g/mol. The van der Waals surface area contributed by atoms with E-state index in [2.05, 4.69) is 78.9 Å². The lowest BCUT2D eigenvalue weighted by molar-refractivity contribution is -0.0915. The van der Waals surface area contributed by atoms with Crippen molar-refractivity contribution in [2.45, 2.75) is 89.2 Å². The minimum Gasteiger partial charge on any atom is -0.314 e. The highest BCUT2D eigenvalue weighted by atomic mass is 79.9. The summed E-state index contributed by atoms with van der Waals surface area (Å²) in [4.78, 5) is 9.47. The number of halogens is 1. The number of fused-ring (bicyclic) bond motifs is 1. The summed E-state index contributed by atoms with van der Waals surface area (Å²) in [5, 5.41) is 2.32. The van der Waals surface area contributed by atoms with E-state index in [1.54, 1.807) is 0 Å². The van der Waals surface area contributed by atoms with Crippen LogP contribution in [0, 0.1) is 0 Å². The van der Waals surface area contributed by atoms with E-state index >= 15 is 0 Å². The number of benzene rings is 2. The summed E-state index contributed by atoms with van der Waals surface area (Å²) in [5.74, 6) is 0. The molecule has 2 aromatic rings. The first kappa shape index (κ1) is 25.4. The van der Waals surface area contributed by atoms with Crippen molar-refractivity contribution in [1.82, 2.24) is 14.7 Å². The van der Waals surface area contributed by atoms with E-state index < -0.39 is 6.29 Å². The Kier molecular flexibility index (Phi) is 7.99. The average Bonchev–Trinajstić information content (AvgIpc) is 3.15. The van der Waals surface area contributed by atoms with Crippen LogP contribution in [0.2, 0.25) is 0 Å². The van der Waals surface area contributed by atoms with E-state index in [0.29, 0.717) is 12.1 Å². The molecule has 4 unspecified atom stereocenters. The van der Waals surface area contributed by atoms with Crippen molar-refractivity contribution in [3.8, 4) is 0 Å². The maximum Gasteiger partial charge on any atom is 0.139 e. The summed E-state index contributed by atoms with van der Waals surface area (Å²) < 4.78 is 1.08. The van der Waals surface area contributed by atoms with Crippen molar-refractivity contribution in [3.63, 3.8) is 0 Å². The van der Waals surface area contributed by atoms with Gasteiger partial charge in [-0.15, -0.1) is 0 Å². The van der Waals surface area contributed by atoms with Crippen molar-refractivity contribution in [2.24, 2.45) is 17.2 Å². The molecule has 3 fully saturated rings. The maximum absolute atomic E-state index is 7.11. The van der Waals surface area contributed by atoms with Crippen LogP contribution in [0.3, 0.4) is 0 Å². The smallest absolute Gasteiger partial charge is 0.139 e. The number of likely N-dealkylation sites (tertiary alicyclic amines) is 1. The second-order valence-electron chi connectivity index (χ2n) is 10.5. The topological polar surface area (TPSA) is 91.0 Å². The number of nitrogens with zero attached hydrogens (tertiary/aromatic N) is 4. The van der Waals surface area contributed by atoms with Crippen LogP contribution in [0.15, 0.2) is 40.9 Å². The van der Waals surface area contributed by atoms with Crippen molar-refractivity contribution < 1.29 is 0 Å². The lowest BCUT2D eigenvalue weighted by Crippen LogP contribution is -2.80. The number of hydrogen-bond donors (Lipinski definition) is 3. The number of likely N-dealkylation sites (N-methyl/N-ethyl adjacent to an activating group) is 1. The Balaban J connectivity index is 1.55. The third kappa shape index (κ3) is 4.87. The van der Waals surface area contributed by atoms with E-state index in [9.17, 15) is 0 Å². The van der Waals surface area contributed by atoms with Gasteiger partial charge >= 0.3 is 0 Å². The van der Waals surface area contributed by atoms with E-state index in [1.807, 2.05) is 0 Å². The number of anilines is 1. The van der Waals surface area contributed by atoms with Crippen LogP contribution in [-0.2, 0) is 0 Å². The normalized spacial score (nSPS) is 30.3. The van der Waals surface area contributed by atoms with Gasteiger partial charge in [0.1, 0.15) is 18.9 Å². The Morgan fingerprint density at radius 3 is 2.26 bits per heavy atom. The first-order chi connectivity index (χ1) is 17.0. The van der Waals surface area contributed by atoms with Crippen molar-refractivity contribution in [3.05, 3.63) is 40.9 Å². The van der Waals surface area contributed by atoms with E-state index in [0.717, 1.165) is 48.0 Å². The monoisotopic (exact) mass is 543 g/mol. The fourth-order valence-corrected chi connectivity index (χ4v) is 7.14. The Bertz CT molecular complexity index is 995. The van der Waals surface area contributed by atoms with Crippen LogP contribution in [0.25, 0.3) is 10.8 Å². The SMILES string of the molecule is CCN1CCCC1CN1C(N)N(c2ccc(Br)c3ccccc23)C(N)N(C2CCCCCC2)C1N. The van der Waals surface area contributed by atoms with Gasteiger partial charge in [0, 0.05) is 34.2 Å². The molecule has 1 saturated carbocycles. The quantitative estimate of drug-likeness (QED) is 0.491. The van der Waals surface area contributed by atoms with Crippen LogP contribution in [0.5, 0.6) is 0 Å². The zero-order valence-corrected chi connectivity index (χ0v) is 22.6. The Morgan fingerprint density at radius 1 is 0.829 bits per heavy atom. The summed E-state index contributed by atoms with van der Waals surface area (Å²) >= 11 is 3.74. The van der Waals surface area contributed by atoms with Crippen molar-refractivity contribution in [2.75, 3.05) is 24.5 Å². The molecule has 2 saturated heterocycles. The molecule has 8 heteroatoms. The number of nitrogens with two attached hydrogens (primary N) is 3. The summed E-state index contributed by atoms with van der Waals surface area (Å²) in [6, 6.07) is 13.6. The molecule has 1 aliphatic carbocycles. The largest absolute Gasteiger partial charge is 0.314 e. The highest BCUT2D eigenvalue weighted by Crippen LogP contribution is 2.38. The van der Waals surface area contributed by atoms with Gasteiger partial charge in [-0.1, -0.05) is 72.8 Å². The summed E-state index contributed by atoms with van der Waals surface area (Å²) in [6.07, 6.45) is 8.72. The molecule has 7 nitrogen and oxygen atoms in total. The Morgan fingerprint density at radius 2 is 1.54 bits per heavy atom. The molecule has 5 rings (SSSR count). The van der Waals surface area contributed by atoms with Crippen molar-refractivity contribution in [1.29, 1.82) is 0 Å². The molecule has 6 N–H and O–H groups in total. The molecule has 2 heterocycles. The Labute approximate surface area is 218 Å². The molecular formula is C27H42BrN7. The molecule has 2 aliphatic heterocycles. The molecule has 0 bridgehead atoms. The highest BCUT2D eigenvalue weighted by molar-refractivity contribution is 9.10. The first-order valence-corrected chi connectivity index (χ1v) is 14.3. The predicted molar refractivity (Wildman–Crippen MR) is 148 cm³/mol. The highest BCUT2D eigenvalue weighted by Gasteiger charge is 2.46. The third-order valence-corrected chi connectivity index (χ3v) is 9.25. The Hall–Kier alpha value is -1.26. The van der Waals surface area contributed by atoms with Crippen LogP contribution >= 0.6 is 15.9 Å². The minimum absolute atomic E-state index is 0.291. The van der Waals surface area contributed by atoms with Gasteiger partial charge in [-0.2, -0.15) is 0 Å². The maximum atomic E-state index is 7.11. The fraction of sp³-hybridized carbons (Fsp3) is 0.630. The second kappa shape index (κ2) is 11.0. The molecule has 0 radical (unpaired) electrons. The van der Waals surface area contributed by atoms with Gasteiger partial charge in [-0.05, 0) is 56.3 Å². The molecule has 192 valence electrons. The zero-order chi connectivity index (χ0) is 24.5. The zero-order valence-electron chi connectivity index (χ0n) is 21.0. The molecule has 0 amide bonds. The van der Waals surface area contributed by atoms with Gasteiger partial charge in [0.05, 0.1) is 0 Å².